The number of H-pyrrole nitrogens is 1. The van der Waals surface area contributed by atoms with Crippen LogP contribution in [0.3, 0.4) is 0 Å². The number of halogens is 3. The number of carbonyl (C=O) groups excluding carboxylic acids is 10. The van der Waals surface area contributed by atoms with Crippen LogP contribution in [0, 0.1) is 67.0 Å². The fraction of sp³-hybridized carbons (Fsp3) is 0.333. The Balaban J connectivity index is -0.000000423. The van der Waals surface area contributed by atoms with Crippen molar-refractivity contribution in [1.82, 2.24) is 30.0 Å². The summed E-state index contributed by atoms with van der Waals surface area (Å²) in [5.74, 6) is 2.53. The maximum absolute atomic E-state index is 13.0. The Morgan fingerprint density at radius 2 is 0.836 bits per heavy atom. The Hall–Kier alpha value is -13.0. The number of hydrogen-bond acceptors (Lipinski definition) is 27. The number of ketones is 3. The van der Waals surface area contributed by atoms with Crippen molar-refractivity contribution >= 4 is 53.3 Å². The number of aromatic nitrogens is 5. The number of aliphatic hydroxyl groups excluding tert-OH is 1. The van der Waals surface area contributed by atoms with Crippen LogP contribution >= 0.6 is 11.6 Å². The molecule has 1 aliphatic carbocycles. The predicted octanol–water partition coefficient (Wildman–Crippen LogP) is 16.1. The Morgan fingerprint density at radius 3 is 1.21 bits per heavy atom. The van der Waals surface area contributed by atoms with E-state index in [0.29, 0.717) is 98.4 Å². The second-order valence-electron chi connectivity index (χ2n) is 22.4. The topological polar surface area (TPSA) is 388 Å². The van der Waals surface area contributed by atoms with E-state index in [0.717, 1.165) is 55.9 Å². The number of hydroxylamine groups is 2. The second kappa shape index (κ2) is 57.1. The Kier molecular flexibility index (Phi) is 54.9. The second-order valence-corrected chi connectivity index (χ2v) is 22.8. The molecule has 0 atom stereocenters. The molecule has 632 valence electrons. The average molecular weight is 1640 g/mol. The summed E-state index contributed by atoms with van der Waals surface area (Å²) >= 11 is 5.93. The molecule has 0 unspecified atom stereocenters. The molecule has 29 nitrogen and oxygen atoms in total. The van der Waals surface area contributed by atoms with Gasteiger partial charge in [-0.05, 0) is 140 Å². The number of rotatable bonds is 18. The van der Waals surface area contributed by atoms with E-state index >= 15 is 0 Å². The molecular weight excluding hydrogens is 1530 g/mol. The third kappa shape index (κ3) is 32.2. The highest BCUT2D eigenvalue weighted by atomic mass is 35.5. The van der Waals surface area contributed by atoms with Crippen molar-refractivity contribution in [2.24, 2.45) is 0 Å². The van der Waals surface area contributed by atoms with Gasteiger partial charge in [0.25, 0.3) is 5.91 Å². The van der Waals surface area contributed by atoms with E-state index in [4.69, 9.17) is 91.9 Å². The van der Waals surface area contributed by atoms with E-state index in [2.05, 4.69) is 24.9 Å². The molecule has 0 fully saturated rings. The molecule has 7 aromatic heterocycles. The van der Waals surface area contributed by atoms with Crippen LogP contribution in [-0.2, 0) is 51.2 Å². The van der Waals surface area contributed by atoms with E-state index < -0.39 is 11.6 Å². The van der Waals surface area contributed by atoms with Gasteiger partial charge in [0.2, 0.25) is 22.8 Å². The van der Waals surface area contributed by atoms with Crippen LogP contribution in [0.5, 0.6) is 46.0 Å². The minimum atomic E-state index is -0.680. The highest BCUT2D eigenvalue weighted by Crippen LogP contribution is 2.37. The lowest BCUT2D eigenvalue weighted by Gasteiger charge is -2.17. The fourth-order valence-electron chi connectivity index (χ4n) is 9.58. The van der Waals surface area contributed by atoms with Gasteiger partial charge in [-0.3, -0.25) is 48.7 Å². The Labute approximate surface area is 680 Å². The number of ether oxygens (including phenoxy) is 8. The molecular formula is C84H107ClF2N6O23. The van der Waals surface area contributed by atoms with Crippen LogP contribution < -0.4 is 43.3 Å². The summed E-state index contributed by atoms with van der Waals surface area (Å²) < 4.78 is 78.4. The molecule has 1 aliphatic rings. The summed E-state index contributed by atoms with van der Waals surface area (Å²) in [4.78, 5) is 133. The number of pyridine rings is 5. The predicted molar refractivity (Wildman–Crippen MR) is 430 cm³/mol. The summed E-state index contributed by atoms with van der Waals surface area (Å²) in [5, 5.41) is 11.5. The molecule has 0 bridgehead atoms. The number of nitrogens with zero attached hydrogens (tertiary/aromatic N) is 5. The van der Waals surface area contributed by atoms with E-state index in [1.54, 1.807) is 117 Å². The first-order chi connectivity index (χ1) is 52.3. The maximum Gasteiger partial charge on any atom is 0.373 e. The molecule has 0 radical (unpaired) electrons. The lowest BCUT2D eigenvalue weighted by molar-refractivity contribution is -0.193. The Bertz CT molecular complexity index is 4770. The minimum absolute atomic E-state index is 0. The van der Waals surface area contributed by atoms with E-state index in [1.807, 2.05) is 27.7 Å². The van der Waals surface area contributed by atoms with Crippen molar-refractivity contribution in [3.05, 3.63) is 244 Å². The van der Waals surface area contributed by atoms with Crippen LogP contribution in [0.15, 0.2) is 140 Å². The zero-order chi connectivity index (χ0) is 83.1. The number of hydrogen-bond donors (Lipinski definition) is 2. The lowest BCUT2D eigenvalue weighted by Crippen LogP contribution is -2.26. The summed E-state index contributed by atoms with van der Waals surface area (Å²) in [5.41, 5.74) is 9.00. The van der Waals surface area contributed by atoms with Gasteiger partial charge in [0.1, 0.15) is 28.7 Å². The molecule has 0 saturated carbocycles. The van der Waals surface area contributed by atoms with Crippen molar-refractivity contribution in [2.75, 3.05) is 71.0 Å². The fourth-order valence-corrected chi connectivity index (χ4v) is 9.85. The average Bonchev–Trinajstić information content (AvgIpc) is 1.45. The van der Waals surface area contributed by atoms with Gasteiger partial charge in [0.15, 0.2) is 63.3 Å². The van der Waals surface area contributed by atoms with Gasteiger partial charge >= 0.3 is 18.5 Å². The molecule has 0 aliphatic heterocycles. The monoisotopic (exact) mass is 1640 g/mol. The van der Waals surface area contributed by atoms with Gasteiger partial charge in [-0.2, -0.15) is 28.8 Å². The lowest BCUT2D eigenvalue weighted by atomic mass is 9.94. The molecule has 32 heteroatoms. The van der Waals surface area contributed by atoms with Gasteiger partial charge in [0.05, 0.1) is 109 Å². The molecule has 10 rings (SSSR count). The first kappa shape index (κ1) is 112. The standard InChI is InChI=1S/C20H18FNO4.C19H15FO4.C11H16N2O4.C9H13NO2.C8H10ClNO.C8H11NO2.3CO2.6CH4/c1-12-19(24-2)20(25-3)16(11-22-12)18(23)17-9-8-15(26-17)10-13-4-6-14(21)7-5-13;1-11-2-8-15(19(23)17(11)21)18(22)16-9-7-14(24-16)10-12-3-5-13(20)6-4-12;1-7-9(15-3)10(16-4)8(6-12-7)11(14)13(2)17-5;1-6-5-10-7(2)9(12-4)8(6)11-3;1-5-4-10-6(2)8(11-3)7(5)9;1-5-4-9-6(2)8(11-3)7(5)10;3*2-1-3;;;;;;/h4-9,11H,10H2,1-3H3;3-9,21H,2,10H2,1H3;6H,1-5H3;5H,1-4H3;4H,1-3H3;4H,1-3H3,(H,9,10);;;;6*1H4. The number of benzene rings is 2. The van der Waals surface area contributed by atoms with Gasteiger partial charge in [-0.15, -0.1) is 0 Å². The number of aliphatic hydroxyl groups is 1. The zero-order valence-corrected chi connectivity index (χ0v) is 64.6. The number of aryl methyl sites for hydroxylation is 8. The van der Waals surface area contributed by atoms with Crippen LogP contribution in [-0.4, -0.2) is 148 Å². The SMILES string of the molecule is C.C.C.C.C.C.CC1=C(O)C(=O)C(C(=O)c2ccc(Cc3ccc(F)cc3)o2)=CC1.COc1c(C(=O)N(C)OC)cnc(C)c1OC.COc1c(C(=O)c2ccc(Cc3ccc(F)cc3)o2)cnc(C)c1OC.COc1c(C)[nH]cc(C)c1=O.COc1c(C)cnc(C)c1OC.COc1c(C)ncc(C)c1Cl.O=C=O.O=C=O.O=C=O. The highest BCUT2D eigenvalue weighted by Gasteiger charge is 2.29. The van der Waals surface area contributed by atoms with E-state index in [1.165, 1.54) is 98.5 Å². The maximum atomic E-state index is 13.0. The number of methoxy groups -OCH3 is 8. The summed E-state index contributed by atoms with van der Waals surface area (Å²) in [6.45, 7) is 16.3. The third-order valence-corrected chi connectivity index (χ3v) is 15.6. The van der Waals surface area contributed by atoms with Crippen molar-refractivity contribution in [3.8, 4) is 46.0 Å². The Morgan fingerprint density at radius 1 is 0.483 bits per heavy atom. The normalized spacial score (nSPS) is 9.95. The number of allylic oxidation sites excluding steroid dienone is 3. The molecule has 2 aromatic carbocycles. The smallest absolute Gasteiger partial charge is 0.373 e. The molecule has 1 amide bonds. The van der Waals surface area contributed by atoms with Crippen molar-refractivity contribution in [3.63, 3.8) is 0 Å². The van der Waals surface area contributed by atoms with Gasteiger partial charge < -0.3 is 56.8 Å². The quantitative estimate of drug-likeness (QED) is 0.0458. The molecule has 2 N–H and O–H groups in total. The minimum Gasteiger partial charge on any atom is -0.504 e. The number of amides is 1. The number of Topliss-reactive ketones (excluding diaryl/α,β-unsaturated/α-hetero) is 2. The van der Waals surface area contributed by atoms with Crippen molar-refractivity contribution < 1.29 is 113 Å². The summed E-state index contributed by atoms with van der Waals surface area (Å²) in [6.07, 6.45) is 11.5. The van der Waals surface area contributed by atoms with Crippen LogP contribution in [0.1, 0.15) is 163 Å². The van der Waals surface area contributed by atoms with Gasteiger partial charge in [0, 0.05) is 62.0 Å². The first-order valence-corrected chi connectivity index (χ1v) is 32.5. The van der Waals surface area contributed by atoms with Crippen molar-refractivity contribution in [2.45, 2.75) is 126 Å². The van der Waals surface area contributed by atoms with Crippen LogP contribution in [0.4, 0.5) is 8.78 Å². The van der Waals surface area contributed by atoms with Gasteiger partial charge in [-0.25, -0.2) is 13.8 Å². The molecule has 7 heterocycles. The number of aromatic amines is 1. The number of nitrogens with one attached hydrogen (secondary N) is 1. The molecule has 0 saturated heterocycles. The summed E-state index contributed by atoms with van der Waals surface area (Å²) in [7, 11) is 15.2. The third-order valence-electron chi connectivity index (χ3n) is 15.2. The van der Waals surface area contributed by atoms with Crippen LogP contribution in [0.2, 0.25) is 5.02 Å². The number of carbonyl (C=O) groups is 4. The first-order valence-electron chi connectivity index (χ1n) is 32.1. The largest absolute Gasteiger partial charge is 0.504 e. The summed E-state index contributed by atoms with van der Waals surface area (Å²) in [6, 6.07) is 18.6. The highest BCUT2D eigenvalue weighted by molar-refractivity contribution is 6.33. The molecule has 116 heavy (non-hydrogen) atoms. The van der Waals surface area contributed by atoms with Crippen LogP contribution in [0.25, 0.3) is 0 Å². The molecule has 9 aromatic rings. The molecule has 0 spiro atoms. The number of furan rings is 2. The van der Waals surface area contributed by atoms with Crippen molar-refractivity contribution in [1.29, 1.82) is 0 Å². The van der Waals surface area contributed by atoms with E-state index in [9.17, 15) is 37.9 Å². The van der Waals surface area contributed by atoms with E-state index in [-0.39, 0.29) is 120 Å². The zero-order valence-electron chi connectivity index (χ0n) is 63.8. The van der Waals surface area contributed by atoms with Gasteiger partial charge in [-0.1, -0.05) is 86.5 Å².